The maximum absolute atomic E-state index is 13.8. The van der Waals surface area contributed by atoms with Gasteiger partial charge in [-0.1, -0.05) is 32.9 Å². The van der Waals surface area contributed by atoms with Gasteiger partial charge in [0.1, 0.15) is 37.1 Å². The van der Waals surface area contributed by atoms with Crippen LogP contribution in [0.15, 0.2) is 24.3 Å². The van der Waals surface area contributed by atoms with Crippen molar-refractivity contribution in [2.75, 3.05) is 59.5 Å². The second-order valence-corrected chi connectivity index (χ2v) is 11.3. The van der Waals surface area contributed by atoms with E-state index in [1.54, 1.807) is 0 Å². The van der Waals surface area contributed by atoms with Gasteiger partial charge in [0.2, 0.25) is 0 Å². The van der Waals surface area contributed by atoms with Crippen molar-refractivity contribution in [3.8, 4) is 17.2 Å². The Morgan fingerprint density at radius 1 is 0.700 bits per heavy atom. The Labute approximate surface area is 254 Å². The maximum atomic E-state index is 13.8. The minimum atomic E-state index is -0.198. The van der Waals surface area contributed by atoms with Crippen molar-refractivity contribution in [2.24, 2.45) is 0 Å². The van der Waals surface area contributed by atoms with E-state index in [1.807, 2.05) is 46.8 Å². The molecule has 7 nitrogen and oxygen atoms in total. The Balaban J connectivity index is 0.00000800. The summed E-state index contributed by atoms with van der Waals surface area (Å²) in [5, 5.41) is 0.712. The second-order valence-electron chi connectivity index (χ2n) is 10.1. The Kier molecular flexibility index (Phi) is 17.1. The molecule has 0 heterocycles. The van der Waals surface area contributed by atoms with E-state index < -0.39 is 0 Å². The van der Waals surface area contributed by atoms with Crippen LogP contribution in [0.3, 0.4) is 0 Å². The third-order valence-corrected chi connectivity index (χ3v) is 7.20. The van der Waals surface area contributed by atoms with Crippen molar-refractivity contribution in [2.45, 2.75) is 60.8 Å². The molecule has 40 heavy (non-hydrogen) atoms. The SMILES string of the molecule is CCOCCOc1cc(OCCOCC)c(PC(=O)c2c(C)cc(C(C)(C)C)cc2C)c(OCCOCC)c1.[LiH]. The molecule has 0 aliphatic rings. The van der Waals surface area contributed by atoms with Crippen LogP contribution in [-0.2, 0) is 19.6 Å². The number of carbonyl (C=O) groups is 1. The van der Waals surface area contributed by atoms with Crippen LogP contribution in [0, 0.1) is 13.8 Å². The van der Waals surface area contributed by atoms with Gasteiger partial charge in [0, 0.05) is 37.5 Å². The Morgan fingerprint density at radius 3 is 1.52 bits per heavy atom. The van der Waals surface area contributed by atoms with E-state index in [9.17, 15) is 4.79 Å². The number of aryl methyl sites for hydroxylation is 2. The first-order valence-corrected chi connectivity index (χ1v) is 14.8. The van der Waals surface area contributed by atoms with Crippen LogP contribution in [0.1, 0.15) is 68.6 Å². The van der Waals surface area contributed by atoms with Gasteiger partial charge in [-0.25, -0.2) is 0 Å². The van der Waals surface area contributed by atoms with Crippen LogP contribution in [-0.4, -0.2) is 83.8 Å². The van der Waals surface area contributed by atoms with E-state index in [-0.39, 0.29) is 38.4 Å². The van der Waals surface area contributed by atoms with Crippen molar-refractivity contribution in [3.63, 3.8) is 0 Å². The molecule has 0 saturated heterocycles. The first-order chi connectivity index (χ1) is 18.6. The third-order valence-electron chi connectivity index (χ3n) is 5.98. The van der Waals surface area contributed by atoms with Gasteiger partial charge in [0.15, 0.2) is 5.52 Å². The molecule has 0 spiro atoms. The van der Waals surface area contributed by atoms with Crippen LogP contribution < -0.4 is 19.5 Å². The molecular weight excluding hydrogens is 522 g/mol. The van der Waals surface area contributed by atoms with Gasteiger partial charge in [0.05, 0.1) is 25.1 Å². The van der Waals surface area contributed by atoms with Crippen LogP contribution in [0.2, 0.25) is 0 Å². The van der Waals surface area contributed by atoms with Crippen LogP contribution in [0.4, 0.5) is 0 Å². The summed E-state index contributed by atoms with van der Waals surface area (Å²) in [4.78, 5) is 13.8. The predicted molar refractivity (Wildman–Crippen MR) is 166 cm³/mol. The molecule has 0 aromatic heterocycles. The van der Waals surface area contributed by atoms with Crippen molar-refractivity contribution in [1.82, 2.24) is 0 Å². The Bertz CT molecular complexity index is 996. The number of hydrogen-bond acceptors (Lipinski definition) is 7. The van der Waals surface area contributed by atoms with Gasteiger partial charge >= 0.3 is 18.9 Å². The van der Waals surface area contributed by atoms with E-state index in [4.69, 9.17) is 28.4 Å². The fourth-order valence-electron chi connectivity index (χ4n) is 4.00. The first kappa shape index (κ1) is 36.4. The summed E-state index contributed by atoms with van der Waals surface area (Å²) in [5.41, 5.74) is 3.96. The molecule has 2 rings (SSSR count). The molecule has 0 N–H and O–H groups in total. The molecule has 9 heteroatoms. The zero-order valence-electron chi connectivity index (χ0n) is 25.0. The molecule has 0 bridgehead atoms. The molecule has 0 saturated carbocycles. The molecule has 0 radical (unpaired) electrons. The molecule has 0 aliphatic carbocycles. The third kappa shape index (κ3) is 11.7. The van der Waals surface area contributed by atoms with Gasteiger partial charge in [0.25, 0.3) is 0 Å². The van der Waals surface area contributed by atoms with Crippen molar-refractivity contribution in [3.05, 3.63) is 46.5 Å². The number of hydrogen-bond donors (Lipinski definition) is 0. The van der Waals surface area contributed by atoms with E-state index in [0.29, 0.717) is 82.0 Å². The Morgan fingerprint density at radius 2 is 1.12 bits per heavy atom. The van der Waals surface area contributed by atoms with Gasteiger partial charge in [-0.3, -0.25) is 4.79 Å². The van der Waals surface area contributed by atoms with E-state index in [1.165, 1.54) is 5.56 Å². The summed E-state index contributed by atoms with van der Waals surface area (Å²) in [5.74, 6) is 1.71. The number of carbonyl (C=O) groups excluding carboxylic acids is 1. The van der Waals surface area contributed by atoms with Crippen molar-refractivity contribution in [1.29, 1.82) is 0 Å². The average molecular weight is 571 g/mol. The number of rotatable bonds is 18. The molecular formula is C31H48LiO7P. The fourth-order valence-corrected chi connectivity index (χ4v) is 5.28. The number of benzene rings is 2. The summed E-state index contributed by atoms with van der Waals surface area (Å²) >= 11 is 0. The van der Waals surface area contributed by atoms with Gasteiger partial charge in [-0.15, -0.1) is 0 Å². The van der Waals surface area contributed by atoms with Gasteiger partial charge in [-0.2, -0.15) is 0 Å². The zero-order chi connectivity index (χ0) is 28.8. The molecule has 0 fully saturated rings. The van der Waals surface area contributed by atoms with Gasteiger partial charge in [-0.05, 0) is 65.3 Å². The summed E-state index contributed by atoms with van der Waals surface area (Å²) in [6, 6.07) is 7.90. The second kappa shape index (κ2) is 18.8. The topological polar surface area (TPSA) is 72.5 Å². The van der Waals surface area contributed by atoms with E-state index in [2.05, 4.69) is 32.9 Å². The van der Waals surface area contributed by atoms with Gasteiger partial charge < -0.3 is 28.4 Å². The summed E-state index contributed by atoms with van der Waals surface area (Å²) in [6.07, 6.45) is 0. The predicted octanol–water partition coefficient (Wildman–Crippen LogP) is 5.34. The van der Waals surface area contributed by atoms with Crippen LogP contribution in [0.5, 0.6) is 17.2 Å². The van der Waals surface area contributed by atoms with Crippen LogP contribution in [0.25, 0.3) is 0 Å². The fraction of sp³-hybridized carbons (Fsp3) is 0.581. The molecule has 220 valence electrons. The molecule has 1 unspecified atom stereocenters. The molecule has 0 amide bonds. The molecule has 0 aliphatic heterocycles. The molecule has 2 aromatic carbocycles. The standard InChI is InChI=1S/C31H47O7P.Li.H/c1-9-33-12-15-36-25-20-26(37-16-13-34-10-2)29(27(21-25)38-17-14-35-11-3)39-30(32)28-22(4)18-24(19-23(28)5)31(6,7)8;;/h18-21,39H,9-17H2,1-8H3;;. The Hall–Kier alpha value is -1.58. The minimum absolute atomic E-state index is 0. The first-order valence-electron chi connectivity index (χ1n) is 13.8. The molecule has 1 atom stereocenters. The van der Waals surface area contributed by atoms with Crippen LogP contribution >= 0.6 is 8.58 Å². The van der Waals surface area contributed by atoms with Crippen molar-refractivity contribution >= 4 is 38.3 Å². The molecule has 2 aromatic rings. The van der Waals surface area contributed by atoms with Crippen molar-refractivity contribution < 1.29 is 33.2 Å². The summed E-state index contributed by atoms with van der Waals surface area (Å²) in [7, 11) is -0.198. The van der Waals surface area contributed by atoms with E-state index in [0.717, 1.165) is 16.7 Å². The van der Waals surface area contributed by atoms with E-state index >= 15 is 0 Å². The normalized spacial score (nSPS) is 11.5. The number of ether oxygens (including phenoxy) is 6. The summed E-state index contributed by atoms with van der Waals surface area (Å²) < 4.78 is 34.6. The quantitative estimate of drug-likeness (QED) is 0.136. The zero-order valence-corrected chi connectivity index (χ0v) is 26.0. The average Bonchev–Trinajstić information content (AvgIpc) is 2.87. The summed E-state index contributed by atoms with van der Waals surface area (Å²) in [6.45, 7) is 20.7. The monoisotopic (exact) mass is 570 g/mol.